The molecule has 1 atom stereocenters. The van der Waals surface area contributed by atoms with Crippen molar-refractivity contribution in [3.63, 3.8) is 0 Å². The maximum absolute atomic E-state index is 6.63. The van der Waals surface area contributed by atoms with Gasteiger partial charge in [0, 0.05) is 52.1 Å². The van der Waals surface area contributed by atoms with Crippen LogP contribution in [0.5, 0.6) is 11.6 Å². The lowest BCUT2D eigenvalue weighted by atomic mass is 9.90. The Morgan fingerprint density at radius 3 is 2.63 bits per heavy atom. The van der Waals surface area contributed by atoms with Gasteiger partial charge in [-0.05, 0) is 42.5 Å². The van der Waals surface area contributed by atoms with E-state index in [4.69, 9.17) is 4.74 Å². The van der Waals surface area contributed by atoms with Crippen molar-refractivity contribution in [2.75, 3.05) is 0 Å². The number of nitrogens with zero attached hydrogens (tertiary/aromatic N) is 4. The first-order chi connectivity index (χ1) is 17.4. The molecule has 5 nitrogen and oxygen atoms in total. The van der Waals surface area contributed by atoms with E-state index in [1.165, 1.54) is 49.6 Å². The zero-order valence-electron chi connectivity index (χ0n) is 18.4. The fourth-order valence-corrected chi connectivity index (χ4v) is 7.16. The van der Waals surface area contributed by atoms with Crippen LogP contribution >= 0.6 is 0 Å². The lowest BCUT2D eigenvalue weighted by molar-refractivity contribution is -0.952. The van der Waals surface area contributed by atoms with Gasteiger partial charge in [-0.2, -0.15) is 4.40 Å². The second kappa shape index (κ2) is 5.15. The molecule has 10 rings (SSSR count). The molecule has 2 aromatic carbocycles. The fraction of sp³-hybridized carbons (Fsp3) is 0.0333. The summed E-state index contributed by atoms with van der Waals surface area (Å²) in [5, 5.41) is 6.09. The van der Waals surface area contributed by atoms with Crippen molar-refractivity contribution < 1.29 is 13.9 Å². The Morgan fingerprint density at radius 2 is 1.66 bits per heavy atom. The van der Waals surface area contributed by atoms with Gasteiger partial charge in [0.25, 0.3) is 5.88 Å². The monoisotopic (exact) mass is 448 g/mol. The number of pyridine rings is 4. The highest BCUT2D eigenvalue weighted by atomic mass is 16.5. The zero-order valence-corrected chi connectivity index (χ0v) is 18.4. The molecule has 0 fully saturated rings. The first-order valence-corrected chi connectivity index (χ1v) is 11.9. The highest BCUT2D eigenvalue weighted by Crippen LogP contribution is 2.54. The summed E-state index contributed by atoms with van der Waals surface area (Å²) in [7, 11) is 0. The molecule has 0 N–H and O–H groups in total. The number of ether oxygens (including phenoxy) is 1. The fourth-order valence-electron chi connectivity index (χ4n) is 7.16. The maximum atomic E-state index is 6.63. The normalized spacial score (nSPS) is 18.1. The van der Waals surface area contributed by atoms with E-state index in [0.717, 1.165) is 22.7 Å². The van der Waals surface area contributed by atoms with Crippen LogP contribution in [0.4, 0.5) is 0 Å². The van der Waals surface area contributed by atoms with E-state index >= 15 is 0 Å². The van der Waals surface area contributed by atoms with Crippen LogP contribution < -0.4 is 13.9 Å². The van der Waals surface area contributed by atoms with Crippen molar-refractivity contribution in [2.24, 2.45) is 0 Å². The molecule has 5 aromatic heterocycles. The third-order valence-corrected chi connectivity index (χ3v) is 8.26. The molecule has 0 saturated carbocycles. The van der Waals surface area contributed by atoms with Crippen LogP contribution in [-0.4, -0.2) is 9.38 Å². The lowest BCUT2D eigenvalue weighted by Crippen LogP contribution is -2.72. The Kier molecular flexibility index (Phi) is 2.47. The third-order valence-electron chi connectivity index (χ3n) is 8.26. The number of benzene rings is 2. The number of fused-ring (bicyclic) bond motifs is 8. The standard InChI is InChI=1S/C30H16N4O/c1-2-7-19-17(6-1)27-18-13-14-31-16-22(18)20-11-12-25-34-29(20)33(27)28(19)30(34)26-21(8-5-10-24(26)35-25)23-9-3-4-15-32(23)30/h1-16H/q+2. The van der Waals surface area contributed by atoms with Crippen LogP contribution in [0.2, 0.25) is 0 Å². The molecular formula is C30H16N4O+2. The van der Waals surface area contributed by atoms with Gasteiger partial charge in [0.05, 0.1) is 10.9 Å². The van der Waals surface area contributed by atoms with E-state index in [2.05, 4.69) is 104 Å². The van der Waals surface area contributed by atoms with Gasteiger partial charge in [0.15, 0.2) is 6.20 Å². The van der Waals surface area contributed by atoms with E-state index in [0.29, 0.717) is 0 Å². The predicted octanol–water partition coefficient (Wildman–Crippen LogP) is 5.07. The van der Waals surface area contributed by atoms with Crippen molar-refractivity contribution in [1.29, 1.82) is 0 Å². The molecule has 35 heavy (non-hydrogen) atoms. The molecule has 1 unspecified atom stereocenters. The minimum Gasteiger partial charge on any atom is -0.422 e. The van der Waals surface area contributed by atoms with E-state index in [-0.39, 0.29) is 0 Å². The molecule has 5 heteroatoms. The molecule has 7 aromatic rings. The van der Waals surface area contributed by atoms with Gasteiger partial charge >= 0.3 is 11.3 Å². The Balaban J connectivity index is 1.63. The molecule has 0 bridgehead atoms. The van der Waals surface area contributed by atoms with Gasteiger partial charge in [0.2, 0.25) is 11.4 Å². The Morgan fingerprint density at radius 1 is 0.771 bits per heavy atom. The molecule has 0 radical (unpaired) electrons. The summed E-state index contributed by atoms with van der Waals surface area (Å²) in [6, 6.07) is 28.2. The van der Waals surface area contributed by atoms with Crippen molar-refractivity contribution in [3.8, 4) is 22.9 Å². The summed E-state index contributed by atoms with van der Waals surface area (Å²) in [5.41, 5.74) is 6.70. The second-order valence-corrected chi connectivity index (χ2v) is 9.65. The molecule has 3 aliphatic rings. The van der Waals surface area contributed by atoms with Gasteiger partial charge in [-0.3, -0.25) is 4.98 Å². The number of hydrogen-bond acceptors (Lipinski definition) is 2. The van der Waals surface area contributed by atoms with Gasteiger partial charge < -0.3 is 4.74 Å². The van der Waals surface area contributed by atoms with Gasteiger partial charge in [0.1, 0.15) is 16.8 Å². The van der Waals surface area contributed by atoms with Crippen molar-refractivity contribution in [2.45, 2.75) is 5.66 Å². The quantitative estimate of drug-likeness (QED) is 0.240. The molecule has 160 valence electrons. The van der Waals surface area contributed by atoms with Gasteiger partial charge in [-0.15, -0.1) is 9.13 Å². The van der Waals surface area contributed by atoms with Crippen LogP contribution in [0.1, 0.15) is 11.3 Å². The highest BCUT2D eigenvalue weighted by Gasteiger charge is 2.70. The van der Waals surface area contributed by atoms with Gasteiger partial charge in [-0.1, -0.05) is 18.2 Å². The molecule has 3 aliphatic heterocycles. The van der Waals surface area contributed by atoms with Crippen molar-refractivity contribution in [1.82, 2.24) is 9.38 Å². The largest absolute Gasteiger partial charge is 0.422 e. The summed E-state index contributed by atoms with van der Waals surface area (Å²) in [5.74, 6) is 1.77. The minimum absolute atomic E-state index is 0.575. The molecule has 0 amide bonds. The second-order valence-electron chi connectivity index (χ2n) is 9.65. The maximum Gasteiger partial charge on any atom is 0.407 e. The van der Waals surface area contributed by atoms with Crippen molar-refractivity contribution >= 4 is 38.1 Å². The Bertz CT molecular complexity index is 2160. The predicted molar refractivity (Wildman–Crippen MR) is 132 cm³/mol. The number of rotatable bonds is 0. The SMILES string of the molecule is c1cc2c3c(c1)-c1cccc[n+]1C31c3c4ccccc4c4c5ccncc5c5ccc([n+]1c5n34)O2. The number of aromatic nitrogens is 4. The summed E-state index contributed by atoms with van der Waals surface area (Å²) in [6.45, 7) is 0. The zero-order chi connectivity index (χ0) is 22.5. The molecule has 0 aliphatic carbocycles. The summed E-state index contributed by atoms with van der Waals surface area (Å²) in [6.07, 6.45) is 6.13. The molecule has 1 spiro atoms. The van der Waals surface area contributed by atoms with Crippen LogP contribution in [0.25, 0.3) is 49.4 Å². The van der Waals surface area contributed by atoms with Crippen LogP contribution in [0.3, 0.4) is 0 Å². The lowest BCUT2D eigenvalue weighted by Gasteiger charge is -2.26. The molecular weight excluding hydrogens is 432 g/mol. The van der Waals surface area contributed by atoms with Crippen LogP contribution in [-0.2, 0) is 5.66 Å². The number of hydrogen-bond donors (Lipinski definition) is 0. The minimum atomic E-state index is -0.575. The third kappa shape index (κ3) is 1.52. The highest BCUT2D eigenvalue weighted by molar-refractivity contribution is 6.19. The molecule has 8 heterocycles. The van der Waals surface area contributed by atoms with Crippen LogP contribution in [0, 0.1) is 0 Å². The first kappa shape index (κ1) is 16.8. The summed E-state index contributed by atoms with van der Waals surface area (Å²) >= 11 is 0. The Labute approximate surface area is 198 Å². The molecule has 0 saturated heterocycles. The van der Waals surface area contributed by atoms with Gasteiger partial charge in [-0.25, -0.2) is 0 Å². The van der Waals surface area contributed by atoms with E-state index < -0.39 is 5.66 Å². The summed E-state index contributed by atoms with van der Waals surface area (Å²) < 4.78 is 14.0. The Hall–Kier alpha value is -4.77. The first-order valence-electron chi connectivity index (χ1n) is 11.9. The smallest absolute Gasteiger partial charge is 0.407 e. The average molecular weight is 448 g/mol. The summed E-state index contributed by atoms with van der Waals surface area (Å²) in [4.78, 5) is 4.52. The topological polar surface area (TPSA) is 34.3 Å². The van der Waals surface area contributed by atoms with E-state index in [9.17, 15) is 0 Å². The van der Waals surface area contributed by atoms with E-state index in [1.54, 1.807) is 0 Å². The van der Waals surface area contributed by atoms with Crippen LogP contribution in [0.15, 0.2) is 97.5 Å². The van der Waals surface area contributed by atoms with Crippen molar-refractivity contribution in [3.05, 3.63) is 109 Å². The van der Waals surface area contributed by atoms with E-state index in [1.807, 2.05) is 12.4 Å². The average Bonchev–Trinajstić information content (AvgIpc) is 3.53.